The van der Waals surface area contributed by atoms with Gasteiger partial charge in [0.2, 0.25) is 0 Å². The van der Waals surface area contributed by atoms with Gasteiger partial charge in [0.15, 0.2) is 5.11 Å². The van der Waals surface area contributed by atoms with Crippen LogP contribution < -0.4 is 10.2 Å². The van der Waals surface area contributed by atoms with Crippen LogP contribution in [0.15, 0.2) is 53.7 Å². The normalized spacial score (nSPS) is 16.8. The zero-order chi connectivity index (χ0) is 20.4. The van der Waals surface area contributed by atoms with Crippen molar-refractivity contribution in [2.75, 3.05) is 11.5 Å². The van der Waals surface area contributed by atoms with Gasteiger partial charge in [0.05, 0.1) is 23.2 Å². The Kier molecular flexibility index (Phi) is 5.96. The van der Waals surface area contributed by atoms with Crippen LogP contribution in [0.4, 0.5) is 14.5 Å². The van der Waals surface area contributed by atoms with Gasteiger partial charge >= 0.3 is 5.97 Å². The van der Waals surface area contributed by atoms with E-state index in [1.807, 2.05) is 0 Å². The van der Waals surface area contributed by atoms with Crippen molar-refractivity contribution in [3.05, 3.63) is 76.0 Å². The van der Waals surface area contributed by atoms with Gasteiger partial charge in [0.1, 0.15) is 11.6 Å². The third-order valence-electron chi connectivity index (χ3n) is 4.34. The van der Waals surface area contributed by atoms with Crippen molar-refractivity contribution in [3.63, 3.8) is 0 Å². The fourth-order valence-electron chi connectivity index (χ4n) is 3.06. The standard InChI is InChI=1S/C20H17ClF2N2O2S/c1-3-27-19(26)17-11(2)25(14-8-9-16(23)15(21)10-14)20(28)24-18(17)12-4-6-13(22)7-5-12/h4-10,18H,3H2,1-2H3,(H,24,28). The van der Waals surface area contributed by atoms with Gasteiger partial charge in [-0.15, -0.1) is 0 Å². The summed E-state index contributed by atoms with van der Waals surface area (Å²) in [5, 5.41) is 3.32. The van der Waals surface area contributed by atoms with Gasteiger partial charge in [-0.25, -0.2) is 13.6 Å². The van der Waals surface area contributed by atoms with Gasteiger partial charge in [-0.1, -0.05) is 23.7 Å². The largest absolute Gasteiger partial charge is 0.463 e. The highest BCUT2D eigenvalue weighted by Gasteiger charge is 2.35. The van der Waals surface area contributed by atoms with Gasteiger partial charge in [-0.05, 0) is 62.0 Å². The molecule has 1 atom stereocenters. The Hall–Kier alpha value is -2.51. The van der Waals surface area contributed by atoms with Crippen molar-refractivity contribution in [1.82, 2.24) is 5.32 Å². The molecule has 0 bridgehead atoms. The van der Waals surface area contributed by atoms with Crippen LogP contribution in [0.25, 0.3) is 0 Å². The maximum Gasteiger partial charge on any atom is 0.338 e. The van der Waals surface area contributed by atoms with Crippen molar-refractivity contribution in [2.45, 2.75) is 19.9 Å². The minimum Gasteiger partial charge on any atom is -0.463 e. The van der Waals surface area contributed by atoms with E-state index >= 15 is 0 Å². The molecule has 3 rings (SSSR count). The number of hydrogen-bond donors (Lipinski definition) is 1. The Morgan fingerprint density at radius 3 is 2.54 bits per heavy atom. The van der Waals surface area contributed by atoms with Crippen LogP contribution in [0, 0.1) is 11.6 Å². The number of anilines is 1. The predicted molar refractivity (Wildman–Crippen MR) is 108 cm³/mol. The summed E-state index contributed by atoms with van der Waals surface area (Å²) < 4.78 is 32.1. The molecule has 28 heavy (non-hydrogen) atoms. The maximum absolute atomic E-state index is 13.6. The first-order valence-corrected chi connectivity index (χ1v) is 9.31. The van der Waals surface area contributed by atoms with Crippen molar-refractivity contribution in [2.24, 2.45) is 0 Å². The first kappa shape index (κ1) is 20.2. The zero-order valence-electron chi connectivity index (χ0n) is 15.1. The van der Waals surface area contributed by atoms with Crippen LogP contribution in [0.2, 0.25) is 5.02 Å². The van der Waals surface area contributed by atoms with Gasteiger partial charge in [-0.2, -0.15) is 0 Å². The number of esters is 1. The number of hydrogen-bond acceptors (Lipinski definition) is 3. The number of nitrogens with one attached hydrogen (secondary N) is 1. The van der Waals surface area contributed by atoms with E-state index in [2.05, 4.69) is 5.32 Å². The number of carbonyl (C=O) groups excluding carboxylic acids is 1. The molecule has 8 heteroatoms. The molecule has 2 aromatic carbocycles. The van der Waals surface area contributed by atoms with Crippen LogP contribution in [-0.4, -0.2) is 17.7 Å². The van der Waals surface area contributed by atoms with Crippen LogP contribution in [0.1, 0.15) is 25.5 Å². The highest BCUT2D eigenvalue weighted by atomic mass is 35.5. The molecule has 1 N–H and O–H groups in total. The molecular formula is C20H17ClF2N2O2S. The van der Waals surface area contributed by atoms with Crippen LogP contribution in [0.3, 0.4) is 0 Å². The van der Waals surface area contributed by atoms with Crippen LogP contribution in [0.5, 0.6) is 0 Å². The highest BCUT2D eigenvalue weighted by molar-refractivity contribution is 7.80. The fourth-order valence-corrected chi connectivity index (χ4v) is 3.59. The average Bonchev–Trinajstić information content (AvgIpc) is 2.65. The molecule has 0 saturated carbocycles. The lowest BCUT2D eigenvalue weighted by Gasteiger charge is -2.37. The molecule has 146 valence electrons. The second kappa shape index (κ2) is 8.24. The van der Waals surface area contributed by atoms with E-state index in [1.54, 1.807) is 30.9 Å². The molecule has 0 aromatic heterocycles. The average molecular weight is 423 g/mol. The van der Waals surface area contributed by atoms with Crippen molar-refractivity contribution in [1.29, 1.82) is 0 Å². The van der Waals surface area contributed by atoms with Gasteiger partial charge in [0.25, 0.3) is 0 Å². The molecule has 0 saturated heterocycles. The van der Waals surface area contributed by atoms with E-state index in [-0.39, 0.29) is 17.4 Å². The lowest BCUT2D eigenvalue weighted by Crippen LogP contribution is -2.48. The molecule has 2 aromatic rings. The third kappa shape index (κ3) is 3.86. The molecule has 1 aliphatic rings. The highest BCUT2D eigenvalue weighted by Crippen LogP contribution is 2.35. The minimum atomic E-state index is -0.612. The molecule has 1 unspecified atom stereocenters. The van der Waals surface area contributed by atoms with Crippen LogP contribution in [-0.2, 0) is 9.53 Å². The molecule has 0 fully saturated rings. The number of benzene rings is 2. The number of ether oxygens (including phenoxy) is 1. The van der Waals surface area contributed by atoms with E-state index in [9.17, 15) is 13.6 Å². The van der Waals surface area contributed by atoms with Crippen molar-refractivity contribution >= 4 is 40.6 Å². The number of halogens is 3. The second-order valence-corrected chi connectivity index (χ2v) is 6.88. The van der Waals surface area contributed by atoms with E-state index in [1.165, 1.54) is 30.3 Å². The smallest absolute Gasteiger partial charge is 0.338 e. The molecule has 4 nitrogen and oxygen atoms in total. The summed E-state index contributed by atoms with van der Waals surface area (Å²) in [6, 6.07) is 9.33. The molecule has 0 aliphatic carbocycles. The SMILES string of the molecule is CCOC(=O)C1=C(C)N(c2ccc(F)c(Cl)c2)C(=S)NC1c1ccc(F)cc1. The Morgan fingerprint density at radius 1 is 1.25 bits per heavy atom. The lowest BCUT2D eigenvalue weighted by molar-refractivity contribution is -0.139. The lowest BCUT2D eigenvalue weighted by atomic mass is 9.94. The molecule has 1 aliphatic heterocycles. The number of nitrogens with zero attached hydrogens (tertiary/aromatic N) is 1. The molecule has 0 radical (unpaired) electrons. The molecule has 0 amide bonds. The fraction of sp³-hybridized carbons (Fsp3) is 0.200. The number of thiocarbonyl (C=S) groups is 1. The van der Waals surface area contributed by atoms with E-state index in [0.717, 1.165) is 0 Å². The van der Waals surface area contributed by atoms with E-state index in [4.69, 9.17) is 28.6 Å². The molecule has 1 heterocycles. The Labute approximate surface area is 171 Å². The summed E-state index contributed by atoms with van der Waals surface area (Å²) in [6.07, 6.45) is 0. The monoisotopic (exact) mass is 422 g/mol. The topological polar surface area (TPSA) is 41.6 Å². The molecular weight excluding hydrogens is 406 g/mol. The Morgan fingerprint density at radius 2 is 1.93 bits per heavy atom. The van der Waals surface area contributed by atoms with E-state index in [0.29, 0.717) is 27.6 Å². The van der Waals surface area contributed by atoms with E-state index < -0.39 is 17.8 Å². The second-order valence-electron chi connectivity index (χ2n) is 6.09. The van der Waals surface area contributed by atoms with Crippen molar-refractivity contribution < 1.29 is 18.3 Å². The summed E-state index contributed by atoms with van der Waals surface area (Å²) in [4.78, 5) is 14.3. The first-order chi connectivity index (χ1) is 13.3. The van der Waals surface area contributed by atoms with Crippen LogP contribution >= 0.6 is 23.8 Å². The first-order valence-electron chi connectivity index (χ1n) is 8.52. The summed E-state index contributed by atoms with van der Waals surface area (Å²) >= 11 is 11.4. The Balaban J connectivity index is 2.13. The summed E-state index contributed by atoms with van der Waals surface area (Å²) in [5.74, 6) is -1.47. The Bertz CT molecular complexity index is 963. The maximum atomic E-state index is 13.6. The third-order valence-corrected chi connectivity index (χ3v) is 4.93. The van der Waals surface area contributed by atoms with Gasteiger partial charge < -0.3 is 10.1 Å². The summed E-state index contributed by atoms with van der Waals surface area (Å²) in [5.41, 5.74) is 1.99. The predicted octanol–water partition coefficient (Wildman–Crippen LogP) is 4.89. The number of rotatable bonds is 4. The van der Waals surface area contributed by atoms with Crippen molar-refractivity contribution in [3.8, 4) is 0 Å². The quantitative estimate of drug-likeness (QED) is 0.561. The summed E-state index contributed by atoms with van der Waals surface area (Å²) in [6.45, 7) is 3.62. The van der Waals surface area contributed by atoms with Gasteiger partial charge in [0, 0.05) is 11.4 Å². The summed E-state index contributed by atoms with van der Waals surface area (Å²) in [7, 11) is 0. The number of allylic oxidation sites excluding steroid dienone is 1. The number of carbonyl (C=O) groups is 1. The minimum absolute atomic E-state index is 0.0635. The van der Waals surface area contributed by atoms with Gasteiger partial charge in [-0.3, -0.25) is 4.90 Å². The zero-order valence-corrected chi connectivity index (χ0v) is 16.7. The molecule has 0 spiro atoms.